The van der Waals surface area contributed by atoms with Gasteiger partial charge < -0.3 is 28.8 Å². The van der Waals surface area contributed by atoms with Crippen LogP contribution in [0, 0.1) is 0 Å². The van der Waals surface area contributed by atoms with E-state index in [0.717, 1.165) is 0 Å². The Morgan fingerprint density at radius 1 is 0.500 bits per heavy atom. The van der Waals surface area contributed by atoms with Crippen molar-refractivity contribution < 1.29 is 48.0 Å². The molecule has 1 aliphatic heterocycles. The highest BCUT2D eigenvalue weighted by Crippen LogP contribution is 2.30. The molecule has 0 aliphatic carbocycles. The van der Waals surface area contributed by atoms with E-state index in [-0.39, 0.29) is 22.3 Å². The SMILES string of the molecule is O=C(OC[C@H]1O[C@@H](O)[C@@H](OC(=O)c2ccccc2)[C@@H](OC(=O)c2ccccc2)[C@@H]1OC(=O)c1ccccc1)c1ccccc1. The lowest BCUT2D eigenvalue weighted by molar-refractivity contribution is -0.284. The van der Waals surface area contributed by atoms with Crippen LogP contribution in [0.1, 0.15) is 41.4 Å². The summed E-state index contributed by atoms with van der Waals surface area (Å²) in [5.41, 5.74) is 0.736. The predicted molar refractivity (Wildman–Crippen MR) is 155 cm³/mol. The van der Waals surface area contributed by atoms with Crippen molar-refractivity contribution in [3.05, 3.63) is 144 Å². The molecule has 0 radical (unpaired) electrons. The Morgan fingerprint density at radius 2 is 0.841 bits per heavy atom. The van der Waals surface area contributed by atoms with Gasteiger partial charge in [0.25, 0.3) is 0 Å². The lowest BCUT2D eigenvalue weighted by atomic mass is 9.97. The van der Waals surface area contributed by atoms with Crippen LogP contribution in [0.2, 0.25) is 0 Å². The number of hydrogen-bond acceptors (Lipinski definition) is 10. The highest BCUT2D eigenvalue weighted by atomic mass is 16.7. The summed E-state index contributed by atoms with van der Waals surface area (Å²) < 4.78 is 28.4. The van der Waals surface area contributed by atoms with Gasteiger partial charge in [-0.2, -0.15) is 0 Å². The maximum atomic E-state index is 13.3. The summed E-state index contributed by atoms with van der Waals surface area (Å²) in [5, 5.41) is 11.1. The van der Waals surface area contributed by atoms with E-state index in [1.807, 2.05) is 0 Å². The van der Waals surface area contributed by atoms with Crippen molar-refractivity contribution in [3.63, 3.8) is 0 Å². The summed E-state index contributed by atoms with van der Waals surface area (Å²) in [6.45, 7) is -0.504. The van der Waals surface area contributed by atoms with Crippen LogP contribution in [0.15, 0.2) is 121 Å². The number of carbonyl (C=O) groups excluding carboxylic acids is 4. The molecule has 44 heavy (non-hydrogen) atoms. The second-order valence-corrected chi connectivity index (χ2v) is 9.74. The molecule has 10 heteroatoms. The molecule has 0 bridgehead atoms. The van der Waals surface area contributed by atoms with Gasteiger partial charge in [0, 0.05) is 0 Å². The third-order valence-electron chi connectivity index (χ3n) is 6.76. The van der Waals surface area contributed by atoms with Gasteiger partial charge in [-0.25, -0.2) is 19.2 Å². The number of esters is 4. The maximum absolute atomic E-state index is 13.3. The number of aliphatic hydroxyl groups excluding tert-OH is 1. The summed E-state index contributed by atoms with van der Waals surface area (Å²) in [5.74, 6) is -3.21. The van der Waals surface area contributed by atoms with Crippen molar-refractivity contribution in [1.82, 2.24) is 0 Å². The van der Waals surface area contributed by atoms with Gasteiger partial charge >= 0.3 is 23.9 Å². The van der Waals surface area contributed by atoms with Crippen LogP contribution in [0.3, 0.4) is 0 Å². The Kier molecular flexibility index (Phi) is 9.75. The summed E-state index contributed by atoms with van der Waals surface area (Å²) in [7, 11) is 0. The Labute approximate surface area is 252 Å². The first-order valence-electron chi connectivity index (χ1n) is 13.7. The fraction of sp³-hybridized carbons (Fsp3) is 0.176. The summed E-state index contributed by atoms with van der Waals surface area (Å²) in [6, 6.07) is 32.1. The molecule has 0 saturated carbocycles. The van der Waals surface area contributed by atoms with Gasteiger partial charge in [-0.3, -0.25) is 0 Å². The van der Waals surface area contributed by atoms with E-state index in [9.17, 15) is 24.3 Å². The van der Waals surface area contributed by atoms with Crippen LogP contribution < -0.4 is 0 Å². The van der Waals surface area contributed by atoms with Crippen LogP contribution in [-0.4, -0.2) is 66.3 Å². The number of rotatable bonds is 9. The third kappa shape index (κ3) is 7.35. The molecule has 1 aliphatic rings. The maximum Gasteiger partial charge on any atom is 0.338 e. The zero-order valence-corrected chi connectivity index (χ0v) is 23.3. The van der Waals surface area contributed by atoms with E-state index in [2.05, 4.69) is 0 Å². The molecular weight excluding hydrogens is 568 g/mol. The smallest absolute Gasteiger partial charge is 0.338 e. The molecule has 1 N–H and O–H groups in total. The van der Waals surface area contributed by atoms with E-state index >= 15 is 0 Å². The van der Waals surface area contributed by atoms with Crippen LogP contribution in [-0.2, 0) is 23.7 Å². The second kappa shape index (κ2) is 14.2. The zero-order chi connectivity index (χ0) is 30.9. The molecule has 4 aromatic carbocycles. The van der Waals surface area contributed by atoms with Gasteiger partial charge in [-0.1, -0.05) is 72.8 Å². The van der Waals surface area contributed by atoms with E-state index in [0.29, 0.717) is 0 Å². The van der Waals surface area contributed by atoms with E-state index in [1.165, 1.54) is 36.4 Å². The average Bonchev–Trinajstić information content (AvgIpc) is 3.07. The molecule has 0 aromatic heterocycles. The Balaban J connectivity index is 1.48. The van der Waals surface area contributed by atoms with E-state index < -0.39 is 61.2 Å². The monoisotopic (exact) mass is 596 g/mol. The topological polar surface area (TPSA) is 135 Å². The molecule has 224 valence electrons. The predicted octanol–water partition coefficient (Wildman–Crippen LogP) is 4.24. The van der Waals surface area contributed by atoms with Crippen molar-refractivity contribution in [3.8, 4) is 0 Å². The fourth-order valence-electron chi connectivity index (χ4n) is 4.54. The van der Waals surface area contributed by atoms with Crippen molar-refractivity contribution in [1.29, 1.82) is 0 Å². The number of aliphatic hydroxyl groups is 1. The third-order valence-corrected chi connectivity index (χ3v) is 6.76. The number of benzene rings is 4. The van der Waals surface area contributed by atoms with Crippen LogP contribution in [0.4, 0.5) is 0 Å². The Bertz CT molecular complexity index is 1560. The minimum Gasteiger partial charge on any atom is -0.459 e. The number of ether oxygens (including phenoxy) is 5. The molecule has 0 unspecified atom stereocenters. The van der Waals surface area contributed by atoms with Crippen LogP contribution in [0.25, 0.3) is 0 Å². The highest BCUT2D eigenvalue weighted by molar-refractivity contribution is 5.91. The molecule has 1 saturated heterocycles. The van der Waals surface area contributed by atoms with E-state index in [1.54, 1.807) is 84.9 Å². The molecular formula is C34H28O10. The quantitative estimate of drug-likeness (QED) is 0.221. The lowest BCUT2D eigenvalue weighted by Crippen LogP contribution is -2.62. The molecule has 0 spiro atoms. The summed E-state index contributed by atoms with van der Waals surface area (Å²) in [4.78, 5) is 52.3. The number of hydrogen-bond donors (Lipinski definition) is 1. The molecule has 4 aromatic rings. The van der Waals surface area contributed by atoms with Crippen molar-refractivity contribution in [2.75, 3.05) is 6.61 Å². The summed E-state index contributed by atoms with van der Waals surface area (Å²) >= 11 is 0. The van der Waals surface area contributed by atoms with Gasteiger partial charge in [-0.15, -0.1) is 0 Å². The van der Waals surface area contributed by atoms with Crippen LogP contribution in [0.5, 0.6) is 0 Å². The van der Waals surface area contributed by atoms with Crippen LogP contribution >= 0.6 is 0 Å². The first kappa shape index (κ1) is 30.1. The lowest BCUT2D eigenvalue weighted by Gasteiger charge is -2.42. The minimum atomic E-state index is -1.86. The van der Waals surface area contributed by atoms with Crippen molar-refractivity contribution in [2.24, 2.45) is 0 Å². The van der Waals surface area contributed by atoms with Gasteiger partial charge in [0.15, 0.2) is 24.6 Å². The summed E-state index contributed by atoms with van der Waals surface area (Å²) in [6.07, 6.45) is -7.89. The Hall–Kier alpha value is -5.32. The first-order chi connectivity index (χ1) is 21.4. The molecule has 0 amide bonds. The second-order valence-electron chi connectivity index (χ2n) is 9.74. The van der Waals surface area contributed by atoms with Gasteiger partial charge in [-0.05, 0) is 48.5 Å². The minimum absolute atomic E-state index is 0.154. The van der Waals surface area contributed by atoms with Crippen molar-refractivity contribution >= 4 is 23.9 Å². The van der Waals surface area contributed by atoms with Crippen molar-refractivity contribution in [2.45, 2.75) is 30.7 Å². The first-order valence-corrected chi connectivity index (χ1v) is 13.7. The highest BCUT2D eigenvalue weighted by Gasteiger charge is 2.52. The Morgan fingerprint density at radius 3 is 1.25 bits per heavy atom. The van der Waals surface area contributed by atoms with Gasteiger partial charge in [0.2, 0.25) is 0 Å². The largest absolute Gasteiger partial charge is 0.459 e. The normalized spacial score (nSPS) is 21.0. The molecule has 10 nitrogen and oxygen atoms in total. The average molecular weight is 597 g/mol. The van der Waals surface area contributed by atoms with Gasteiger partial charge in [0.05, 0.1) is 22.3 Å². The fourth-order valence-corrected chi connectivity index (χ4v) is 4.54. The molecule has 5 rings (SSSR count). The van der Waals surface area contributed by atoms with Gasteiger partial charge in [0.1, 0.15) is 12.7 Å². The molecule has 5 atom stereocenters. The standard InChI is InChI=1S/C34H28O10/c35-30(22-13-5-1-6-14-22)40-21-26-27(42-31(36)23-15-7-2-8-16-23)28(43-32(37)24-17-9-3-10-18-24)29(34(39)41-26)44-33(38)25-19-11-4-12-20-25/h1-20,26-29,34,39H,21H2/t26-,27-,28+,29+,34-/m1/s1. The number of carbonyl (C=O) groups is 4. The van der Waals surface area contributed by atoms with E-state index in [4.69, 9.17) is 23.7 Å². The molecule has 1 heterocycles. The zero-order valence-electron chi connectivity index (χ0n) is 23.3. The molecule has 1 fully saturated rings.